The fourth-order valence-electron chi connectivity index (χ4n) is 3.44. The van der Waals surface area contributed by atoms with Crippen molar-refractivity contribution in [3.63, 3.8) is 0 Å². The average molecular weight is 466 g/mol. The molecule has 32 heavy (non-hydrogen) atoms. The number of sulfonamides is 1. The molecule has 0 aliphatic rings. The highest BCUT2D eigenvalue weighted by Gasteiger charge is 2.14. The molecule has 1 amide bonds. The summed E-state index contributed by atoms with van der Waals surface area (Å²) in [5.41, 5.74) is 5.09. The van der Waals surface area contributed by atoms with Gasteiger partial charge in [0.05, 0.1) is 15.1 Å². The molecule has 1 heterocycles. The van der Waals surface area contributed by atoms with E-state index in [1.54, 1.807) is 48.5 Å². The van der Waals surface area contributed by atoms with Crippen LogP contribution in [0.15, 0.2) is 70.6 Å². The smallest absolute Gasteiger partial charge is 0.279 e. The monoisotopic (exact) mass is 465 g/mol. The van der Waals surface area contributed by atoms with Crippen LogP contribution in [0.25, 0.3) is 10.2 Å². The topological polar surface area (TPSA) is 80.5 Å². The second kappa shape index (κ2) is 8.37. The molecule has 6 nitrogen and oxygen atoms in total. The number of rotatable bonds is 4. The van der Waals surface area contributed by atoms with Crippen LogP contribution in [0.4, 0.5) is 5.69 Å². The Hall–Kier alpha value is -3.23. The summed E-state index contributed by atoms with van der Waals surface area (Å²) in [6.45, 7) is 5.99. The summed E-state index contributed by atoms with van der Waals surface area (Å²) < 4.78 is 30.7. The van der Waals surface area contributed by atoms with Crippen LogP contribution in [0.2, 0.25) is 0 Å². The summed E-state index contributed by atoms with van der Waals surface area (Å²) in [7, 11) is -1.80. The highest BCUT2D eigenvalue weighted by atomic mass is 32.2. The van der Waals surface area contributed by atoms with E-state index in [0.29, 0.717) is 16.1 Å². The van der Waals surface area contributed by atoms with Gasteiger partial charge in [0.25, 0.3) is 15.9 Å². The molecular formula is C24H23N3O3S2. The van der Waals surface area contributed by atoms with Crippen molar-refractivity contribution in [2.75, 3.05) is 4.72 Å². The number of carbonyl (C=O) groups excluding carboxylic acids is 1. The number of fused-ring (bicyclic) bond motifs is 1. The summed E-state index contributed by atoms with van der Waals surface area (Å²) in [5.74, 6) is -0.380. The first kappa shape index (κ1) is 22.0. The third kappa shape index (κ3) is 4.37. The van der Waals surface area contributed by atoms with Gasteiger partial charge in [0, 0.05) is 18.3 Å². The standard InChI is InChI=1S/C24H23N3O3S2/c1-15-5-11-20(12-6-15)32(29,30)26-19-9-7-18(8-10-19)23(28)25-24-27(4)21-14-16(2)13-17(3)22(21)31-24/h5-14,26H,1-4H3. The van der Waals surface area contributed by atoms with Crippen molar-refractivity contribution < 1.29 is 13.2 Å². The van der Waals surface area contributed by atoms with E-state index in [2.05, 4.69) is 21.8 Å². The second-order valence-electron chi connectivity index (χ2n) is 7.79. The van der Waals surface area contributed by atoms with Crippen LogP contribution in [0.3, 0.4) is 0 Å². The number of nitrogens with zero attached hydrogens (tertiary/aromatic N) is 2. The van der Waals surface area contributed by atoms with E-state index in [1.807, 2.05) is 32.4 Å². The highest BCUT2D eigenvalue weighted by Crippen LogP contribution is 2.23. The molecule has 0 saturated heterocycles. The molecule has 0 aliphatic heterocycles. The van der Waals surface area contributed by atoms with Crippen molar-refractivity contribution in [1.82, 2.24) is 4.57 Å². The normalized spacial score (nSPS) is 12.3. The summed E-state index contributed by atoms with van der Waals surface area (Å²) >= 11 is 1.48. The number of carbonyl (C=O) groups is 1. The Bertz CT molecular complexity index is 1500. The quantitative estimate of drug-likeness (QED) is 0.474. The lowest BCUT2D eigenvalue weighted by Gasteiger charge is -2.08. The van der Waals surface area contributed by atoms with Gasteiger partial charge < -0.3 is 4.57 Å². The van der Waals surface area contributed by atoms with Gasteiger partial charge >= 0.3 is 0 Å². The Morgan fingerprint density at radius 2 is 1.59 bits per heavy atom. The van der Waals surface area contributed by atoms with E-state index < -0.39 is 10.0 Å². The number of hydrogen-bond donors (Lipinski definition) is 1. The molecule has 0 fully saturated rings. The fourth-order valence-corrected chi connectivity index (χ4v) is 5.56. The Balaban J connectivity index is 1.59. The van der Waals surface area contributed by atoms with E-state index >= 15 is 0 Å². The number of benzene rings is 3. The molecule has 0 atom stereocenters. The minimum atomic E-state index is -3.70. The van der Waals surface area contributed by atoms with Gasteiger partial charge in [-0.15, -0.1) is 0 Å². The molecule has 0 saturated carbocycles. The van der Waals surface area contributed by atoms with Gasteiger partial charge in [-0.2, -0.15) is 4.99 Å². The van der Waals surface area contributed by atoms with E-state index in [4.69, 9.17) is 0 Å². The minimum absolute atomic E-state index is 0.182. The first-order chi connectivity index (χ1) is 15.1. The number of thiazole rings is 1. The van der Waals surface area contributed by atoms with Gasteiger partial charge in [0.2, 0.25) is 0 Å². The molecule has 164 valence electrons. The summed E-state index contributed by atoms with van der Waals surface area (Å²) in [6, 6.07) is 17.1. The highest BCUT2D eigenvalue weighted by molar-refractivity contribution is 7.92. The van der Waals surface area contributed by atoms with Crippen LogP contribution in [-0.2, 0) is 17.1 Å². The first-order valence-electron chi connectivity index (χ1n) is 9.99. The zero-order valence-electron chi connectivity index (χ0n) is 18.2. The molecule has 0 spiro atoms. The maximum Gasteiger partial charge on any atom is 0.279 e. The predicted molar refractivity (Wildman–Crippen MR) is 129 cm³/mol. The van der Waals surface area contributed by atoms with Gasteiger partial charge in [-0.05, 0) is 74.4 Å². The van der Waals surface area contributed by atoms with Crippen molar-refractivity contribution >= 4 is 43.2 Å². The van der Waals surface area contributed by atoms with E-state index in [-0.39, 0.29) is 10.8 Å². The Kier molecular flexibility index (Phi) is 5.75. The van der Waals surface area contributed by atoms with Gasteiger partial charge in [-0.3, -0.25) is 9.52 Å². The van der Waals surface area contributed by atoms with Gasteiger partial charge in [-0.1, -0.05) is 35.1 Å². The van der Waals surface area contributed by atoms with Crippen LogP contribution in [0.5, 0.6) is 0 Å². The fraction of sp³-hybridized carbons (Fsp3) is 0.167. The summed E-state index contributed by atoms with van der Waals surface area (Å²) in [4.78, 5) is 17.8. The molecule has 0 bridgehead atoms. The van der Waals surface area contributed by atoms with E-state index in [9.17, 15) is 13.2 Å². The van der Waals surface area contributed by atoms with Crippen molar-refractivity contribution in [3.05, 3.63) is 87.7 Å². The lowest BCUT2D eigenvalue weighted by Crippen LogP contribution is -2.14. The predicted octanol–water partition coefficient (Wildman–Crippen LogP) is 4.71. The SMILES string of the molecule is Cc1ccc(S(=O)(=O)Nc2ccc(C(=O)N=c3sc4c(C)cc(C)cc4n3C)cc2)cc1. The third-order valence-corrected chi connectivity index (χ3v) is 7.83. The van der Waals surface area contributed by atoms with E-state index in [0.717, 1.165) is 26.9 Å². The Labute approximate surface area is 190 Å². The number of hydrogen-bond acceptors (Lipinski definition) is 4. The summed E-state index contributed by atoms with van der Waals surface area (Å²) in [5, 5.41) is 0. The van der Waals surface area contributed by atoms with Crippen LogP contribution < -0.4 is 9.52 Å². The van der Waals surface area contributed by atoms with E-state index in [1.165, 1.54) is 11.3 Å². The minimum Gasteiger partial charge on any atom is -0.319 e. The average Bonchev–Trinajstić information content (AvgIpc) is 3.04. The third-order valence-electron chi connectivity index (χ3n) is 5.15. The maximum absolute atomic E-state index is 12.7. The lowest BCUT2D eigenvalue weighted by molar-refractivity contribution is 0.0998. The lowest BCUT2D eigenvalue weighted by atomic mass is 10.1. The van der Waals surface area contributed by atoms with Crippen molar-refractivity contribution in [2.45, 2.75) is 25.7 Å². The molecule has 1 aromatic heterocycles. The largest absolute Gasteiger partial charge is 0.319 e. The number of aromatic nitrogens is 1. The number of amides is 1. The Morgan fingerprint density at radius 3 is 2.25 bits per heavy atom. The molecule has 0 unspecified atom stereocenters. The molecule has 4 rings (SSSR count). The van der Waals surface area contributed by atoms with Gasteiger partial charge in [-0.25, -0.2) is 8.42 Å². The molecule has 3 aromatic carbocycles. The number of aryl methyl sites for hydroxylation is 4. The molecule has 0 radical (unpaired) electrons. The van der Waals surface area contributed by atoms with Crippen LogP contribution in [0, 0.1) is 20.8 Å². The van der Waals surface area contributed by atoms with Crippen LogP contribution in [0.1, 0.15) is 27.0 Å². The Morgan fingerprint density at radius 1 is 0.938 bits per heavy atom. The number of nitrogens with one attached hydrogen (secondary N) is 1. The van der Waals surface area contributed by atoms with Crippen LogP contribution >= 0.6 is 11.3 Å². The molecular weight excluding hydrogens is 442 g/mol. The molecule has 8 heteroatoms. The van der Waals surface area contributed by atoms with Crippen molar-refractivity contribution in [1.29, 1.82) is 0 Å². The molecule has 1 N–H and O–H groups in total. The van der Waals surface area contributed by atoms with Crippen molar-refractivity contribution in [3.8, 4) is 0 Å². The maximum atomic E-state index is 12.7. The summed E-state index contributed by atoms with van der Waals surface area (Å²) in [6.07, 6.45) is 0. The van der Waals surface area contributed by atoms with Crippen molar-refractivity contribution in [2.24, 2.45) is 12.0 Å². The zero-order valence-corrected chi connectivity index (χ0v) is 19.8. The van der Waals surface area contributed by atoms with Crippen LogP contribution in [-0.4, -0.2) is 18.9 Å². The number of anilines is 1. The second-order valence-corrected chi connectivity index (χ2v) is 10.4. The molecule has 4 aromatic rings. The van der Waals surface area contributed by atoms with Gasteiger partial charge in [0.15, 0.2) is 4.80 Å². The van der Waals surface area contributed by atoms with Gasteiger partial charge in [0.1, 0.15) is 0 Å². The zero-order chi connectivity index (χ0) is 23.0. The molecule has 0 aliphatic carbocycles. The first-order valence-corrected chi connectivity index (χ1v) is 12.3.